The molecular weight excluding hydrogens is 260 g/mol. The molecule has 2 heterocycles. The number of hydrogen-bond acceptors (Lipinski definition) is 5. The Morgan fingerprint density at radius 2 is 1.70 bits per heavy atom. The lowest BCUT2D eigenvalue weighted by atomic mass is 9.58. The SMILES string of the molecule is CC1CCC2C(C)CCC3C(C)C(O)OC(O1)C23OO. The molecule has 2 aliphatic heterocycles. The fourth-order valence-electron chi connectivity index (χ4n) is 4.69. The normalized spacial score (nSPS) is 56.0. The van der Waals surface area contributed by atoms with Gasteiger partial charge in [-0.25, -0.2) is 4.89 Å². The fourth-order valence-corrected chi connectivity index (χ4v) is 4.69. The van der Waals surface area contributed by atoms with Crippen LogP contribution in [0.5, 0.6) is 0 Å². The minimum Gasteiger partial charge on any atom is -0.368 e. The maximum absolute atomic E-state index is 10.1. The Kier molecular flexibility index (Phi) is 3.84. The van der Waals surface area contributed by atoms with Gasteiger partial charge in [0.1, 0.15) is 0 Å². The van der Waals surface area contributed by atoms with E-state index in [1.54, 1.807) is 0 Å². The molecule has 0 bridgehead atoms. The minimum absolute atomic E-state index is 0.0473. The van der Waals surface area contributed by atoms with Crippen molar-refractivity contribution in [3.63, 3.8) is 0 Å². The van der Waals surface area contributed by atoms with E-state index in [4.69, 9.17) is 14.4 Å². The molecule has 3 rings (SSSR count). The number of rotatable bonds is 1. The molecule has 116 valence electrons. The zero-order chi connectivity index (χ0) is 14.5. The molecule has 3 fully saturated rings. The van der Waals surface area contributed by atoms with Crippen LogP contribution in [0.4, 0.5) is 0 Å². The summed E-state index contributed by atoms with van der Waals surface area (Å²) in [5.41, 5.74) is -0.832. The number of aliphatic hydroxyl groups is 1. The number of aliphatic hydroxyl groups excluding tert-OH is 1. The van der Waals surface area contributed by atoms with Gasteiger partial charge in [-0.3, -0.25) is 5.26 Å². The second-order valence-corrected chi connectivity index (χ2v) is 6.95. The van der Waals surface area contributed by atoms with Gasteiger partial charge >= 0.3 is 0 Å². The van der Waals surface area contributed by atoms with Gasteiger partial charge in [-0.2, -0.15) is 0 Å². The zero-order valence-electron chi connectivity index (χ0n) is 12.5. The molecule has 1 saturated carbocycles. The number of ether oxygens (including phenoxy) is 2. The van der Waals surface area contributed by atoms with E-state index >= 15 is 0 Å². The van der Waals surface area contributed by atoms with Crippen LogP contribution in [0.1, 0.15) is 46.5 Å². The van der Waals surface area contributed by atoms with Crippen molar-refractivity contribution in [2.24, 2.45) is 23.7 Å². The van der Waals surface area contributed by atoms with Crippen molar-refractivity contribution in [1.29, 1.82) is 0 Å². The van der Waals surface area contributed by atoms with Crippen LogP contribution >= 0.6 is 0 Å². The van der Waals surface area contributed by atoms with Crippen molar-refractivity contribution in [2.75, 3.05) is 0 Å². The molecule has 1 aliphatic carbocycles. The summed E-state index contributed by atoms with van der Waals surface area (Å²) in [5.74, 6) is 0.662. The molecule has 2 saturated heterocycles. The first kappa shape index (κ1) is 14.7. The topological polar surface area (TPSA) is 68.2 Å². The molecule has 20 heavy (non-hydrogen) atoms. The van der Waals surface area contributed by atoms with E-state index in [-0.39, 0.29) is 23.9 Å². The molecule has 0 aromatic rings. The Bertz CT molecular complexity index is 358. The lowest BCUT2D eigenvalue weighted by Gasteiger charge is -2.57. The maximum atomic E-state index is 10.1. The summed E-state index contributed by atoms with van der Waals surface area (Å²) >= 11 is 0. The van der Waals surface area contributed by atoms with Crippen LogP contribution in [0.2, 0.25) is 0 Å². The van der Waals surface area contributed by atoms with E-state index < -0.39 is 18.2 Å². The van der Waals surface area contributed by atoms with Crippen molar-refractivity contribution >= 4 is 0 Å². The molecule has 0 aromatic carbocycles. The summed E-state index contributed by atoms with van der Waals surface area (Å²) in [6, 6.07) is 0. The van der Waals surface area contributed by atoms with Gasteiger partial charge in [0, 0.05) is 11.8 Å². The average molecular weight is 286 g/mol. The summed E-state index contributed by atoms with van der Waals surface area (Å²) in [7, 11) is 0. The fraction of sp³-hybridized carbons (Fsp3) is 1.00. The van der Waals surface area contributed by atoms with Gasteiger partial charge in [-0.05, 0) is 44.4 Å². The van der Waals surface area contributed by atoms with Crippen LogP contribution in [0, 0.1) is 23.7 Å². The van der Waals surface area contributed by atoms with Crippen LogP contribution in [0.3, 0.4) is 0 Å². The lowest BCUT2D eigenvalue weighted by molar-refractivity contribution is -0.457. The highest BCUT2D eigenvalue weighted by atomic mass is 17.1. The van der Waals surface area contributed by atoms with Crippen molar-refractivity contribution in [2.45, 2.75) is 70.7 Å². The van der Waals surface area contributed by atoms with Gasteiger partial charge < -0.3 is 14.6 Å². The zero-order valence-corrected chi connectivity index (χ0v) is 12.5. The Morgan fingerprint density at radius 3 is 2.40 bits per heavy atom. The highest BCUT2D eigenvalue weighted by molar-refractivity contribution is 5.07. The molecule has 8 atom stereocenters. The summed E-state index contributed by atoms with van der Waals surface area (Å²) in [6.07, 6.45) is 2.42. The van der Waals surface area contributed by atoms with Gasteiger partial charge in [0.2, 0.25) is 0 Å². The second kappa shape index (κ2) is 5.21. The van der Waals surface area contributed by atoms with Gasteiger partial charge in [0.05, 0.1) is 6.10 Å². The largest absolute Gasteiger partial charge is 0.368 e. The van der Waals surface area contributed by atoms with Crippen LogP contribution in [0.15, 0.2) is 0 Å². The van der Waals surface area contributed by atoms with Crippen LogP contribution in [0.25, 0.3) is 0 Å². The summed E-state index contributed by atoms with van der Waals surface area (Å²) in [5, 5.41) is 19.9. The van der Waals surface area contributed by atoms with Crippen LogP contribution < -0.4 is 0 Å². The average Bonchev–Trinajstić information content (AvgIpc) is 2.56. The van der Waals surface area contributed by atoms with Crippen molar-refractivity contribution < 1.29 is 24.7 Å². The highest BCUT2D eigenvalue weighted by Gasteiger charge is 2.64. The van der Waals surface area contributed by atoms with Crippen molar-refractivity contribution in [3.05, 3.63) is 0 Å². The first-order chi connectivity index (χ1) is 9.50. The Morgan fingerprint density at radius 1 is 1.00 bits per heavy atom. The molecule has 0 spiro atoms. The second-order valence-electron chi connectivity index (χ2n) is 6.95. The molecule has 5 nitrogen and oxygen atoms in total. The third-order valence-corrected chi connectivity index (χ3v) is 5.89. The monoisotopic (exact) mass is 286 g/mol. The lowest BCUT2D eigenvalue weighted by Crippen LogP contribution is -2.67. The third kappa shape index (κ3) is 1.95. The third-order valence-electron chi connectivity index (χ3n) is 5.89. The Balaban J connectivity index is 2.04. The summed E-state index contributed by atoms with van der Waals surface area (Å²) in [4.78, 5) is 5.11. The van der Waals surface area contributed by atoms with Gasteiger partial charge in [-0.1, -0.05) is 13.8 Å². The van der Waals surface area contributed by atoms with Gasteiger partial charge in [-0.15, -0.1) is 0 Å². The first-order valence-corrected chi connectivity index (χ1v) is 7.82. The molecular formula is C15H26O5. The summed E-state index contributed by atoms with van der Waals surface area (Å²) in [6.45, 7) is 6.19. The smallest absolute Gasteiger partial charge is 0.193 e. The van der Waals surface area contributed by atoms with Crippen LogP contribution in [-0.4, -0.2) is 34.6 Å². The predicted octanol–water partition coefficient (Wildman–Crippen LogP) is 2.39. The van der Waals surface area contributed by atoms with Crippen LogP contribution in [-0.2, 0) is 14.4 Å². The van der Waals surface area contributed by atoms with E-state index in [0.29, 0.717) is 5.92 Å². The molecule has 0 radical (unpaired) electrons. The quantitative estimate of drug-likeness (QED) is 0.572. The predicted molar refractivity (Wildman–Crippen MR) is 71.6 cm³/mol. The van der Waals surface area contributed by atoms with E-state index in [0.717, 1.165) is 25.7 Å². The van der Waals surface area contributed by atoms with E-state index in [1.165, 1.54) is 0 Å². The molecule has 0 aromatic heterocycles. The standard InChI is InChI=1S/C15H26O5/c1-8-4-6-12-10(3)13(16)19-14-15(12,20-17)11(8)7-5-9(2)18-14/h8-14,16-17H,4-7H2,1-3H3. The maximum Gasteiger partial charge on any atom is 0.193 e. The van der Waals surface area contributed by atoms with Crippen molar-refractivity contribution in [3.8, 4) is 0 Å². The molecule has 2 N–H and O–H groups in total. The van der Waals surface area contributed by atoms with E-state index in [9.17, 15) is 10.4 Å². The number of hydrogen-bond donors (Lipinski definition) is 2. The Hall–Kier alpha value is -0.200. The Labute approximate surface area is 120 Å². The van der Waals surface area contributed by atoms with E-state index in [2.05, 4.69) is 6.92 Å². The minimum atomic E-state index is -0.854. The van der Waals surface area contributed by atoms with Gasteiger partial charge in [0.25, 0.3) is 0 Å². The van der Waals surface area contributed by atoms with Crippen molar-refractivity contribution in [1.82, 2.24) is 0 Å². The molecule has 0 amide bonds. The highest BCUT2D eigenvalue weighted by Crippen LogP contribution is 2.56. The summed E-state index contributed by atoms with van der Waals surface area (Å²) < 4.78 is 11.6. The molecule has 8 unspecified atom stereocenters. The first-order valence-electron chi connectivity index (χ1n) is 7.82. The van der Waals surface area contributed by atoms with E-state index in [1.807, 2.05) is 13.8 Å². The molecule has 3 aliphatic rings. The van der Waals surface area contributed by atoms with Gasteiger partial charge in [0.15, 0.2) is 18.2 Å². The molecule has 5 heteroatoms.